The number of hydrogen-bond donors (Lipinski definition) is 1. The molecule has 0 aromatic carbocycles. The minimum atomic E-state index is 0. The quantitative estimate of drug-likeness (QED) is 0.643. The van der Waals surface area contributed by atoms with Gasteiger partial charge in [0, 0.05) is 0 Å². The van der Waals surface area contributed by atoms with Crippen LogP contribution >= 0.6 is 26.9 Å². The van der Waals surface area contributed by atoms with Gasteiger partial charge in [0.15, 0.2) is 0 Å². The molecule has 0 heterocycles. The molecule has 1 N–H and O–H groups in total. The van der Waals surface area contributed by atoms with Crippen LogP contribution in [0.3, 0.4) is 0 Å². The lowest BCUT2D eigenvalue weighted by Gasteiger charge is -1.86. The third kappa shape index (κ3) is 19.8. The fourth-order valence-corrected chi connectivity index (χ4v) is 0.250. The molecule has 1 unspecified atom stereocenters. The first-order chi connectivity index (χ1) is 2.41. The summed E-state index contributed by atoms with van der Waals surface area (Å²) in [6.07, 6.45) is 0. The molecule has 1 atom stereocenters. The third-order valence-corrected chi connectivity index (χ3v) is 0.500. The van der Waals surface area contributed by atoms with Gasteiger partial charge in [-0.25, -0.2) is 0 Å². The van der Waals surface area contributed by atoms with E-state index in [2.05, 4.69) is 19.2 Å². The van der Waals surface area contributed by atoms with Gasteiger partial charge in [-0.05, 0) is 13.1 Å². The van der Waals surface area contributed by atoms with E-state index in [4.69, 9.17) is 0 Å². The molecule has 0 aromatic rings. The molecule has 0 aliphatic rings. The molecule has 0 fully saturated rings. The summed E-state index contributed by atoms with van der Waals surface area (Å²) in [7, 11) is 0. The molecule has 0 aliphatic carbocycles. The van der Waals surface area contributed by atoms with Gasteiger partial charge in [0.05, 0.1) is 0 Å². The second-order valence-corrected chi connectivity index (χ2v) is 0.957. The first-order valence-corrected chi connectivity index (χ1v) is 2.12. The van der Waals surface area contributed by atoms with E-state index in [0.717, 1.165) is 13.1 Å². The van der Waals surface area contributed by atoms with Crippen LogP contribution in [0.15, 0.2) is 0 Å². The van der Waals surface area contributed by atoms with Crippen LogP contribution in [0.4, 0.5) is 0 Å². The first kappa shape index (κ1) is 15.7. The Morgan fingerprint density at radius 2 is 1.43 bits per heavy atom. The minimum absolute atomic E-state index is 0. The van der Waals surface area contributed by atoms with E-state index in [0.29, 0.717) is 0 Å². The highest BCUT2D eigenvalue weighted by atomic mass is 79.9. The summed E-state index contributed by atoms with van der Waals surface area (Å²) in [5, 5.41) is 3.11. The molecule has 0 radical (unpaired) electrons. The Balaban J connectivity index is -0.0000000800. The van der Waals surface area contributed by atoms with E-state index in [9.17, 15) is 0 Å². The van der Waals surface area contributed by atoms with Crippen LogP contribution in [0.2, 0.25) is 0 Å². The van der Waals surface area contributed by atoms with Gasteiger partial charge in [-0.1, -0.05) is 13.8 Å². The topological polar surface area (TPSA) is 12.0 Å². The highest BCUT2D eigenvalue weighted by Gasteiger charge is 1.62. The third-order valence-electron chi connectivity index (χ3n) is 0.500. The van der Waals surface area contributed by atoms with E-state index >= 15 is 0 Å². The van der Waals surface area contributed by atoms with Gasteiger partial charge < -0.3 is 5.32 Å². The van der Waals surface area contributed by atoms with E-state index in [-0.39, 0.29) is 26.9 Å². The van der Waals surface area contributed by atoms with Gasteiger partial charge in [-0.15, -0.1) is 17.0 Å². The lowest BCUT2D eigenvalue weighted by Crippen LogP contribution is -2.09. The molecule has 3 heteroatoms. The number of hydrogen-bond acceptors (Lipinski definition) is 1. The maximum Gasteiger partial charge on any atom is -0.00775 e. The Bertz CT molecular complexity index is 19.2. The Morgan fingerprint density at radius 3 is 1.43 bits per heavy atom. The molecule has 0 aromatic heterocycles. The molecule has 0 amide bonds. The number of halogens is 1. The number of nitrogens with one attached hydrogen (secondary N) is 1. The van der Waals surface area contributed by atoms with E-state index in [1.165, 1.54) is 0 Å². The average Bonchev–Trinajstić information content (AvgIpc) is 1.41. The summed E-state index contributed by atoms with van der Waals surface area (Å²) in [6, 6.07) is 0. The van der Waals surface area contributed by atoms with Crippen LogP contribution in [0.1, 0.15) is 13.8 Å². The monoisotopic (exact) mass is 187 g/mol. The van der Waals surface area contributed by atoms with Gasteiger partial charge in [0.1, 0.15) is 0 Å². The molecule has 0 rings (SSSR count). The van der Waals surface area contributed by atoms with Gasteiger partial charge in [-0.3, -0.25) is 0 Å². The first-order valence-electron chi connectivity index (χ1n) is 2.12. The van der Waals surface area contributed by atoms with E-state index < -0.39 is 0 Å². The summed E-state index contributed by atoms with van der Waals surface area (Å²) >= 11 is 0. The molecule has 0 aliphatic heterocycles. The van der Waals surface area contributed by atoms with Crippen molar-refractivity contribution in [1.29, 1.82) is 0 Å². The fourth-order valence-electron chi connectivity index (χ4n) is 0.250. The molecule has 0 bridgehead atoms. The Kier molecular flexibility index (Phi) is 35.4. The van der Waals surface area contributed by atoms with Crippen molar-refractivity contribution in [2.45, 2.75) is 13.8 Å². The lowest BCUT2D eigenvalue weighted by molar-refractivity contribution is 0.762. The standard InChI is InChI=1S/C4H11N.BrH.H3P/c1-3-5-4-2;;/h5H,3-4H2,1-2H3;1H;1H3. The van der Waals surface area contributed by atoms with E-state index in [1.807, 2.05) is 0 Å². The van der Waals surface area contributed by atoms with Crippen molar-refractivity contribution >= 4 is 26.9 Å². The van der Waals surface area contributed by atoms with Crippen molar-refractivity contribution in [3.8, 4) is 0 Å². The largest absolute Gasteiger partial charge is 0.317 e. The van der Waals surface area contributed by atoms with Crippen LogP contribution in [0, 0.1) is 0 Å². The summed E-state index contributed by atoms with van der Waals surface area (Å²) in [5.74, 6) is 0. The molecule has 0 saturated heterocycles. The van der Waals surface area contributed by atoms with Crippen molar-refractivity contribution in [2.75, 3.05) is 13.1 Å². The Labute approximate surface area is 59.6 Å². The summed E-state index contributed by atoms with van der Waals surface area (Å²) in [6.45, 7) is 6.39. The molecule has 1 nitrogen and oxygen atoms in total. The normalized spacial score (nSPS) is 6.00. The predicted molar refractivity (Wildman–Crippen MR) is 45.6 cm³/mol. The van der Waals surface area contributed by atoms with Gasteiger partial charge in [-0.2, -0.15) is 9.90 Å². The van der Waals surface area contributed by atoms with Gasteiger partial charge >= 0.3 is 0 Å². The predicted octanol–water partition coefficient (Wildman–Crippen LogP) is 1.25. The molecular formula is C4H15BrNP. The zero-order valence-electron chi connectivity index (χ0n) is 5.03. The highest BCUT2D eigenvalue weighted by molar-refractivity contribution is 8.93. The van der Waals surface area contributed by atoms with Crippen molar-refractivity contribution < 1.29 is 0 Å². The van der Waals surface area contributed by atoms with Crippen molar-refractivity contribution in [1.82, 2.24) is 5.32 Å². The van der Waals surface area contributed by atoms with Crippen molar-refractivity contribution in [3.05, 3.63) is 0 Å². The lowest BCUT2D eigenvalue weighted by atomic mass is 10.7. The van der Waals surface area contributed by atoms with Crippen LogP contribution < -0.4 is 5.32 Å². The molecule has 7 heavy (non-hydrogen) atoms. The molecule has 0 saturated carbocycles. The molecule has 0 spiro atoms. The van der Waals surface area contributed by atoms with Crippen molar-refractivity contribution in [3.63, 3.8) is 0 Å². The molecular weight excluding hydrogens is 173 g/mol. The van der Waals surface area contributed by atoms with Crippen LogP contribution in [0.25, 0.3) is 0 Å². The summed E-state index contributed by atoms with van der Waals surface area (Å²) in [5.41, 5.74) is 0. The van der Waals surface area contributed by atoms with Crippen LogP contribution in [-0.4, -0.2) is 13.1 Å². The highest BCUT2D eigenvalue weighted by Crippen LogP contribution is 1.47. The van der Waals surface area contributed by atoms with E-state index in [1.54, 1.807) is 0 Å². The zero-order chi connectivity index (χ0) is 4.12. The fraction of sp³-hybridized carbons (Fsp3) is 1.00. The van der Waals surface area contributed by atoms with Crippen LogP contribution in [0.5, 0.6) is 0 Å². The minimum Gasteiger partial charge on any atom is -0.317 e. The van der Waals surface area contributed by atoms with Crippen LogP contribution in [-0.2, 0) is 0 Å². The smallest absolute Gasteiger partial charge is 0.00775 e. The van der Waals surface area contributed by atoms with Gasteiger partial charge in [0.2, 0.25) is 0 Å². The van der Waals surface area contributed by atoms with Gasteiger partial charge in [0.25, 0.3) is 0 Å². The van der Waals surface area contributed by atoms with Crippen molar-refractivity contribution in [2.24, 2.45) is 0 Å². The summed E-state index contributed by atoms with van der Waals surface area (Å²) in [4.78, 5) is 0. The Hall–Kier alpha value is 0.870. The second-order valence-electron chi connectivity index (χ2n) is 0.957. The SMILES string of the molecule is Br.CCNCC.P. The summed E-state index contributed by atoms with van der Waals surface area (Å²) < 4.78 is 0. The Morgan fingerprint density at radius 1 is 1.14 bits per heavy atom. The average molecular weight is 188 g/mol. The molecule has 48 valence electrons. The zero-order valence-corrected chi connectivity index (χ0v) is 8.16. The number of rotatable bonds is 2. The second kappa shape index (κ2) is 15.8. The maximum absolute atomic E-state index is 3.11. The maximum atomic E-state index is 3.11.